The van der Waals surface area contributed by atoms with E-state index in [0.29, 0.717) is 5.56 Å². The minimum atomic E-state index is -3.92. The number of ether oxygens (including phenoxy) is 1. The lowest BCUT2D eigenvalue weighted by atomic mass is 10.1. The van der Waals surface area contributed by atoms with Gasteiger partial charge in [-0.1, -0.05) is 34.1 Å². The van der Waals surface area contributed by atoms with E-state index in [1.807, 2.05) is 24.3 Å². The maximum absolute atomic E-state index is 12.7. The molecule has 6 nitrogen and oxygen atoms in total. The number of rotatable bonds is 6. The summed E-state index contributed by atoms with van der Waals surface area (Å²) in [4.78, 5) is 15.6. The van der Waals surface area contributed by atoms with E-state index >= 15 is 0 Å². The standard InChI is InChI=1S/C18H17BrN2O4S/c1-2-25-18(22)17(15-11-20-16-6-4-3-5-14(15)16)21-26(23,24)13-9-7-12(19)8-10-13/h3-11,17,20-21H,2H2,1H3/t17-/m0/s1. The zero-order valence-electron chi connectivity index (χ0n) is 13.9. The quantitative estimate of drug-likeness (QED) is 0.578. The van der Waals surface area contributed by atoms with Crippen molar-refractivity contribution in [1.82, 2.24) is 9.71 Å². The molecule has 0 saturated heterocycles. The third-order valence-electron chi connectivity index (χ3n) is 3.85. The Hall–Kier alpha value is -2.16. The number of nitrogens with one attached hydrogen (secondary N) is 2. The maximum Gasteiger partial charge on any atom is 0.328 e. The number of hydrogen-bond acceptors (Lipinski definition) is 4. The number of carbonyl (C=O) groups excluding carboxylic acids is 1. The van der Waals surface area contributed by atoms with Crippen LogP contribution in [0.5, 0.6) is 0 Å². The van der Waals surface area contributed by atoms with E-state index in [4.69, 9.17) is 4.74 Å². The summed E-state index contributed by atoms with van der Waals surface area (Å²) in [6, 6.07) is 12.4. The Morgan fingerprint density at radius 3 is 2.58 bits per heavy atom. The lowest BCUT2D eigenvalue weighted by molar-refractivity contribution is -0.145. The minimum absolute atomic E-state index is 0.0647. The number of fused-ring (bicyclic) bond motifs is 1. The second-order valence-corrected chi connectivity index (χ2v) is 8.18. The Kier molecular flexibility index (Phi) is 5.45. The van der Waals surface area contributed by atoms with Gasteiger partial charge in [0.25, 0.3) is 0 Å². The molecule has 0 aliphatic rings. The summed E-state index contributed by atoms with van der Waals surface area (Å²) < 4.78 is 33.8. The van der Waals surface area contributed by atoms with Crippen LogP contribution >= 0.6 is 15.9 Å². The molecule has 2 aromatic carbocycles. The SMILES string of the molecule is CCOC(=O)[C@@H](NS(=O)(=O)c1ccc(Br)cc1)c1c[nH]c2ccccc12. The highest BCUT2D eigenvalue weighted by atomic mass is 79.9. The Morgan fingerprint density at radius 2 is 1.88 bits per heavy atom. The molecule has 0 bridgehead atoms. The van der Waals surface area contributed by atoms with Crippen molar-refractivity contribution in [2.75, 3.05) is 6.61 Å². The Balaban J connectivity index is 2.02. The van der Waals surface area contributed by atoms with Gasteiger partial charge in [0.1, 0.15) is 6.04 Å². The lowest BCUT2D eigenvalue weighted by Gasteiger charge is -2.17. The first kappa shape index (κ1) is 18.6. The van der Waals surface area contributed by atoms with E-state index in [1.165, 1.54) is 12.1 Å². The van der Waals surface area contributed by atoms with Crippen LogP contribution in [-0.4, -0.2) is 26.0 Å². The number of benzene rings is 2. The molecule has 8 heteroatoms. The third-order valence-corrected chi connectivity index (χ3v) is 5.82. The molecule has 0 aliphatic carbocycles. The first-order valence-electron chi connectivity index (χ1n) is 7.93. The summed E-state index contributed by atoms with van der Waals surface area (Å²) in [5.41, 5.74) is 1.32. The molecule has 0 amide bonds. The minimum Gasteiger partial charge on any atom is -0.465 e. The summed E-state index contributed by atoms with van der Waals surface area (Å²) in [5, 5.41) is 0.754. The predicted octanol–water partition coefficient (Wildman–Crippen LogP) is 3.51. The molecule has 3 aromatic rings. The topological polar surface area (TPSA) is 88.3 Å². The van der Waals surface area contributed by atoms with E-state index in [2.05, 4.69) is 25.6 Å². The van der Waals surface area contributed by atoms with Crippen LogP contribution in [0.25, 0.3) is 10.9 Å². The van der Waals surface area contributed by atoms with Gasteiger partial charge in [-0.05, 0) is 37.3 Å². The summed E-state index contributed by atoms with van der Waals surface area (Å²) in [6.07, 6.45) is 1.62. The van der Waals surface area contributed by atoms with E-state index in [1.54, 1.807) is 25.3 Å². The van der Waals surface area contributed by atoms with Crippen molar-refractivity contribution in [2.45, 2.75) is 17.9 Å². The molecule has 26 heavy (non-hydrogen) atoms. The molecular weight excluding hydrogens is 420 g/mol. The van der Waals surface area contributed by atoms with Gasteiger partial charge in [-0.2, -0.15) is 4.72 Å². The van der Waals surface area contributed by atoms with E-state index < -0.39 is 22.0 Å². The molecule has 136 valence electrons. The van der Waals surface area contributed by atoms with Crippen molar-refractivity contribution >= 4 is 42.8 Å². The highest BCUT2D eigenvalue weighted by molar-refractivity contribution is 9.10. The second-order valence-electron chi connectivity index (χ2n) is 5.55. The number of para-hydroxylation sites is 1. The van der Waals surface area contributed by atoms with Crippen molar-refractivity contribution in [1.29, 1.82) is 0 Å². The van der Waals surface area contributed by atoms with Crippen molar-refractivity contribution < 1.29 is 17.9 Å². The molecule has 1 heterocycles. The molecular formula is C18H17BrN2O4S. The summed E-state index contributed by atoms with van der Waals surface area (Å²) in [6.45, 7) is 1.82. The molecule has 0 unspecified atom stereocenters. The zero-order valence-corrected chi connectivity index (χ0v) is 16.3. The van der Waals surface area contributed by atoms with Crippen LogP contribution in [0.1, 0.15) is 18.5 Å². The van der Waals surface area contributed by atoms with Crippen LogP contribution in [0.3, 0.4) is 0 Å². The first-order valence-corrected chi connectivity index (χ1v) is 10.2. The molecule has 0 spiro atoms. The van der Waals surface area contributed by atoms with E-state index in [0.717, 1.165) is 15.4 Å². The highest BCUT2D eigenvalue weighted by Gasteiger charge is 2.30. The van der Waals surface area contributed by atoms with Crippen molar-refractivity contribution in [2.24, 2.45) is 0 Å². The van der Waals surface area contributed by atoms with Crippen LogP contribution in [0.2, 0.25) is 0 Å². The fraction of sp³-hybridized carbons (Fsp3) is 0.167. The molecule has 0 fully saturated rings. The third kappa shape index (κ3) is 3.82. The van der Waals surface area contributed by atoms with Crippen LogP contribution in [0, 0.1) is 0 Å². The second kappa shape index (κ2) is 7.61. The van der Waals surface area contributed by atoms with Gasteiger partial charge in [0.2, 0.25) is 10.0 Å². The number of halogens is 1. The largest absolute Gasteiger partial charge is 0.465 e. The van der Waals surface area contributed by atoms with Gasteiger partial charge in [0.15, 0.2) is 0 Å². The lowest BCUT2D eigenvalue weighted by Crippen LogP contribution is -2.34. The number of esters is 1. The Labute approximate surface area is 159 Å². The smallest absolute Gasteiger partial charge is 0.328 e. The van der Waals surface area contributed by atoms with Gasteiger partial charge >= 0.3 is 5.97 Å². The van der Waals surface area contributed by atoms with Crippen LogP contribution in [0.4, 0.5) is 0 Å². The van der Waals surface area contributed by atoms with Gasteiger partial charge in [0, 0.05) is 27.1 Å². The van der Waals surface area contributed by atoms with Gasteiger partial charge in [-0.3, -0.25) is 0 Å². The molecule has 2 N–H and O–H groups in total. The monoisotopic (exact) mass is 436 g/mol. The number of hydrogen-bond donors (Lipinski definition) is 2. The first-order chi connectivity index (χ1) is 12.4. The number of carbonyl (C=O) groups is 1. The normalized spacial score (nSPS) is 12.8. The fourth-order valence-electron chi connectivity index (χ4n) is 2.63. The van der Waals surface area contributed by atoms with Gasteiger partial charge < -0.3 is 9.72 Å². The fourth-order valence-corrected chi connectivity index (χ4v) is 4.06. The number of aromatic nitrogens is 1. The van der Waals surface area contributed by atoms with Gasteiger partial charge in [-0.25, -0.2) is 13.2 Å². The molecule has 1 aromatic heterocycles. The molecule has 1 atom stereocenters. The number of H-pyrrole nitrogens is 1. The van der Waals surface area contributed by atoms with Crippen LogP contribution < -0.4 is 4.72 Å². The Morgan fingerprint density at radius 1 is 1.19 bits per heavy atom. The van der Waals surface area contributed by atoms with Crippen molar-refractivity contribution in [3.05, 3.63) is 64.8 Å². The molecule has 3 rings (SSSR count). The van der Waals surface area contributed by atoms with Crippen LogP contribution in [-0.2, 0) is 19.6 Å². The maximum atomic E-state index is 12.7. The van der Waals surface area contributed by atoms with Crippen LogP contribution in [0.15, 0.2) is 64.1 Å². The molecule has 0 aliphatic heterocycles. The summed E-state index contributed by atoms with van der Waals surface area (Å²) in [5.74, 6) is -0.655. The number of sulfonamides is 1. The zero-order chi connectivity index (χ0) is 18.7. The van der Waals surface area contributed by atoms with Gasteiger partial charge in [-0.15, -0.1) is 0 Å². The number of aromatic amines is 1. The van der Waals surface area contributed by atoms with Crippen molar-refractivity contribution in [3.8, 4) is 0 Å². The van der Waals surface area contributed by atoms with E-state index in [-0.39, 0.29) is 11.5 Å². The predicted molar refractivity (Wildman–Crippen MR) is 102 cm³/mol. The molecule has 0 radical (unpaired) electrons. The van der Waals surface area contributed by atoms with Crippen molar-refractivity contribution in [3.63, 3.8) is 0 Å². The van der Waals surface area contributed by atoms with Gasteiger partial charge in [0.05, 0.1) is 11.5 Å². The molecule has 0 saturated carbocycles. The average molecular weight is 437 g/mol. The Bertz CT molecular complexity index is 1030. The average Bonchev–Trinajstić information content (AvgIpc) is 3.04. The summed E-state index contributed by atoms with van der Waals surface area (Å²) >= 11 is 3.27. The highest BCUT2D eigenvalue weighted by Crippen LogP contribution is 2.27. The summed E-state index contributed by atoms with van der Waals surface area (Å²) in [7, 11) is -3.92. The van der Waals surface area contributed by atoms with E-state index in [9.17, 15) is 13.2 Å².